The highest BCUT2D eigenvalue weighted by atomic mass is 15.2. The van der Waals surface area contributed by atoms with Crippen LogP contribution in [0.25, 0.3) is 5.65 Å². The molecule has 0 amide bonds. The van der Waals surface area contributed by atoms with Crippen LogP contribution in [0, 0.1) is 6.92 Å². The SMILES string of the molecule is CN=C(NCCCc1nnc2ccccn12)NCC(C)c1ccc(C)cc1. The Bertz CT molecular complexity index is 881. The predicted octanol–water partition coefficient (Wildman–Crippen LogP) is 2.94. The van der Waals surface area contributed by atoms with Gasteiger partial charge in [0.1, 0.15) is 5.82 Å². The van der Waals surface area contributed by atoms with Crippen molar-refractivity contribution in [1.29, 1.82) is 0 Å². The van der Waals surface area contributed by atoms with Crippen molar-refractivity contribution in [3.05, 3.63) is 65.6 Å². The Morgan fingerprint density at radius 3 is 2.70 bits per heavy atom. The fraction of sp³-hybridized carbons (Fsp3) is 0.381. The molecule has 6 nitrogen and oxygen atoms in total. The van der Waals surface area contributed by atoms with E-state index in [-0.39, 0.29) is 0 Å². The third-order valence-electron chi connectivity index (χ3n) is 4.70. The molecule has 1 atom stereocenters. The molecule has 2 heterocycles. The van der Waals surface area contributed by atoms with Crippen LogP contribution in [0.4, 0.5) is 0 Å². The van der Waals surface area contributed by atoms with Gasteiger partial charge in [-0.15, -0.1) is 10.2 Å². The maximum absolute atomic E-state index is 4.31. The quantitative estimate of drug-likeness (QED) is 0.384. The molecule has 0 aliphatic rings. The lowest BCUT2D eigenvalue weighted by atomic mass is 10.0. The maximum atomic E-state index is 4.31. The second-order valence-corrected chi connectivity index (χ2v) is 6.84. The molecule has 3 aromatic rings. The molecule has 0 saturated heterocycles. The third-order valence-corrected chi connectivity index (χ3v) is 4.70. The largest absolute Gasteiger partial charge is 0.356 e. The minimum Gasteiger partial charge on any atom is -0.356 e. The Morgan fingerprint density at radius 2 is 1.93 bits per heavy atom. The van der Waals surface area contributed by atoms with Gasteiger partial charge in [-0.3, -0.25) is 9.39 Å². The Morgan fingerprint density at radius 1 is 1.11 bits per heavy atom. The fourth-order valence-corrected chi connectivity index (χ4v) is 3.00. The summed E-state index contributed by atoms with van der Waals surface area (Å²) in [6.07, 6.45) is 3.84. The standard InChI is InChI=1S/C21H28N6/c1-16-9-11-18(12-10-16)17(2)15-24-21(22-3)23-13-6-8-20-26-25-19-7-4-5-14-27(19)20/h4-5,7,9-12,14,17H,6,8,13,15H2,1-3H3,(H2,22,23,24). The molecule has 1 unspecified atom stereocenters. The number of rotatable bonds is 7. The van der Waals surface area contributed by atoms with Crippen molar-refractivity contribution in [3.8, 4) is 0 Å². The zero-order valence-electron chi connectivity index (χ0n) is 16.3. The number of nitrogens with zero attached hydrogens (tertiary/aromatic N) is 4. The average molecular weight is 364 g/mol. The number of fused-ring (bicyclic) bond motifs is 1. The van der Waals surface area contributed by atoms with Gasteiger partial charge in [0.2, 0.25) is 0 Å². The average Bonchev–Trinajstić information content (AvgIpc) is 3.11. The van der Waals surface area contributed by atoms with Gasteiger partial charge in [-0.25, -0.2) is 0 Å². The van der Waals surface area contributed by atoms with Gasteiger partial charge in [0.15, 0.2) is 11.6 Å². The van der Waals surface area contributed by atoms with Crippen LogP contribution in [-0.2, 0) is 6.42 Å². The minimum absolute atomic E-state index is 0.423. The van der Waals surface area contributed by atoms with Crippen LogP contribution < -0.4 is 10.6 Å². The van der Waals surface area contributed by atoms with Crippen LogP contribution in [0.15, 0.2) is 53.7 Å². The Labute approximate surface area is 160 Å². The summed E-state index contributed by atoms with van der Waals surface area (Å²) in [5, 5.41) is 15.2. The van der Waals surface area contributed by atoms with Gasteiger partial charge >= 0.3 is 0 Å². The van der Waals surface area contributed by atoms with Gasteiger partial charge < -0.3 is 10.6 Å². The van der Waals surface area contributed by atoms with Crippen LogP contribution >= 0.6 is 0 Å². The molecule has 0 fully saturated rings. The summed E-state index contributed by atoms with van der Waals surface area (Å²) in [5.41, 5.74) is 3.52. The summed E-state index contributed by atoms with van der Waals surface area (Å²) in [5.74, 6) is 2.25. The van der Waals surface area contributed by atoms with Crippen molar-refractivity contribution < 1.29 is 0 Å². The Kier molecular flexibility index (Phi) is 6.41. The summed E-state index contributed by atoms with van der Waals surface area (Å²) in [6, 6.07) is 14.7. The lowest BCUT2D eigenvalue weighted by molar-refractivity contribution is 0.681. The monoisotopic (exact) mass is 364 g/mol. The predicted molar refractivity (Wildman–Crippen MR) is 110 cm³/mol. The summed E-state index contributed by atoms with van der Waals surface area (Å²) in [4.78, 5) is 4.31. The fourth-order valence-electron chi connectivity index (χ4n) is 3.00. The van der Waals surface area contributed by atoms with Crippen LogP contribution in [0.1, 0.15) is 36.2 Å². The number of aliphatic imine (C=N–C) groups is 1. The van der Waals surface area contributed by atoms with Crippen LogP contribution in [0.2, 0.25) is 0 Å². The van der Waals surface area contributed by atoms with E-state index in [4.69, 9.17) is 0 Å². The molecule has 0 spiro atoms. The molecule has 2 aromatic heterocycles. The summed E-state index contributed by atoms with van der Waals surface area (Å²) < 4.78 is 2.04. The van der Waals surface area contributed by atoms with E-state index < -0.39 is 0 Å². The molecule has 0 radical (unpaired) electrons. The van der Waals surface area contributed by atoms with Crippen molar-refractivity contribution in [2.75, 3.05) is 20.1 Å². The van der Waals surface area contributed by atoms with E-state index in [0.29, 0.717) is 5.92 Å². The second kappa shape index (κ2) is 9.16. The molecule has 6 heteroatoms. The maximum Gasteiger partial charge on any atom is 0.190 e. The number of pyridine rings is 1. The zero-order valence-corrected chi connectivity index (χ0v) is 16.3. The lowest BCUT2D eigenvalue weighted by Crippen LogP contribution is -2.39. The number of aryl methyl sites for hydroxylation is 2. The molecular formula is C21H28N6. The molecule has 142 valence electrons. The van der Waals surface area contributed by atoms with E-state index in [0.717, 1.165) is 43.4 Å². The number of guanidine groups is 1. The first-order valence-corrected chi connectivity index (χ1v) is 9.47. The van der Waals surface area contributed by atoms with Crippen LogP contribution in [0.3, 0.4) is 0 Å². The van der Waals surface area contributed by atoms with Crippen LogP contribution in [-0.4, -0.2) is 40.7 Å². The van der Waals surface area contributed by atoms with Crippen molar-refractivity contribution in [3.63, 3.8) is 0 Å². The molecular weight excluding hydrogens is 336 g/mol. The third kappa shape index (κ3) is 5.06. The highest BCUT2D eigenvalue weighted by Crippen LogP contribution is 2.14. The van der Waals surface area contributed by atoms with Gasteiger partial charge in [-0.2, -0.15) is 0 Å². The summed E-state index contributed by atoms with van der Waals surface area (Å²) >= 11 is 0. The molecule has 0 bridgehead atoms. The lowest BCUT2D eigenvalue weighted by Gasteiger charge is -2.16. The van der Waals surface area contributed by atoms with Gasteiger partial charge in [0, 0.05) is 32.8 Å². The zero-order chi connectivity index (χ0) is 19.1. The number of hydrogen-bond acceptors (Lipinski definition) is 3. The van der Waals surface area contributed by atoms with Gasteiger partial charge in [-0.1, -0.05) is 42.8 Å². The highest BCUT2D eigenvalue weighted by Gasteiger charge is 2.07. The summed E-state index contributed by atoms with van der Waals surface area (Å²) in [7, 11) is 1.80. The molecule has 3 rings (SSSR count). The van der Waals surface area contributed by atoms with E-state index >= 15 is 0 Å². The molecule has 1 aromatic carbocycles. The van der Waals surface area contributed by atoms with Crippen LogP contribution in [0.5, 0.6) is 0 Å². The first-order chi connectivity index (χ1) is 13.2. The molecule has 0 aliphatic heterocycles. The first kappa shape index (κ1) is 18.9. The van der Waals surface area contributed by atoms with E-state index in [1.54, 1.807) is 7.05 Å². The van der Waals surface area contributed by atoms with Crippen molar-refractivity contribution in [2.24, 2.45) is 4.99 Å². The van der Waals surface area contributed by atoms with Crippen molar-refractivity contribution >= 4 is 11.6 Å². The smallest absolute Gasteiger partial charge is 0.190 e. The number of benzene rings is 1. The normalized spacial score (nSPS) is 12.9. The second-order valence-electron chi connectivity index (χ2n) is 6.84. The van der Waals surface area contributed by atoms with E-state index in [2.05, 4.69) is 63.9 Å². The van der Waals surface area contributed by atoms with Gasteiger partial charge in [0.05, 0.1) is 0 Å². The highest BCUT2D eigenvalue weighted by molar-refractivity contribution is 5.79. The topological polar surface area (TPSA) is 66.6 Å². The Balaban J connectivity index is 1.42. The van der Waals surface area contributed by atoms with E-state index in [9.17, 15) is 0 Å². The van der Waals surface area contributed by atoms with E-state index in [1.807, 2.05) is 28.8 Å². The molecule has 2 N–H and O–H groups in total. The van der Waals surface area contributed by atoms with Gasteiger partial charge in [-0.05, 0) is 37.0 Å². The van der Waals surface area contributed by atoms with Crippen molar-refractivity contribution in [1.82, 2.24) is 25.2 Å². The van der Waals surface area contributed by atoms with Crippen molar-refractivity contribution in [2.45, 2.75) is 32.6 Å². The minimum atomic E-state index is 0.423. The first-order valence-electron chi connectivity index (χ1n) is 9.47. The Hall–Kier alpha value is -2.89. The molecule has 0 aliphatic carbocycles. The number of nitrogens with one attached hydrogen (secondary N) is 2. The molecule has 27 heavy (non-hydrogen) atoms. The number of hydrogen-bond donors (Lipinski definition) is 2. The van der Waals surface area contributed by atoms with Gasteiger partial charge in [0.25, 0.3) is 0 Å². The van der Waals surface area contributed by atoms with E-state index in [1.165, 1.54) is 11.1 Å². The summed E-state index contributed by atoms with van der Waals surface area (Å²) in [6.45, 7) is 6.01. The number of aromatic nitrogens is 3. The molecule has 0 saturated carbocycles.